The maximum atomic E-state index is 5.58. The van der Waals surface area contributed by atoms with Crippen LogP contribution in [0.2, 0.25) is 15.7 Å². The Balaban J connectivity index is 0.000000180. The number of anilines is 1. The van der Waals surface area contributed by atoms with Crippen LogP contribution < -0.4 is 5.73 Å². The highest BCUT2D eigenvalue weighted by Gasteiger charge is 1.96. The maximum absolute atomic E-state index is 5.58. The highest BCUT2D eigenvalue weighted by Crippen LogP contribution is 2.11. The van der Waals surface area contributed by atoms with Crippen molar-refractivity contribution < 1.29 is 0 Å². The van der Waals surface area contributed by atoms with E-state index in [1.54, 1.807) is 12.4 Å². The Kier molecular flexibility index (Phi) is 5.53. The number of nitrogens with zero attached hydrogens (tertiary/aromatic N) is 4. The molecule has 0 radical (unpaired) electrons. The zero-order chi connectivity index (χ0) is 13.7. The molecule has 0 fully saturated rings. The normalized spacial score (nSPS) is 9.61. The summed E-state index contributed by atoms with van der Waals surface area (Å²) in [6, 6.07) is 0. The fraction of sp³-hybridized carbons (Fsp3) is 0.200. The lowest BCUT2D eigenvalue weighted by Gasteiger charge is -1.94. The highest BCUT2D eigenvalue weighted by atomic mass is 35.5. The van der Waals surface area contributed by atoms with Crippen LogP contribution in [-0.2, 0) is 0 Å². The number of aromatic nitrogens is 4. The Hall–Kier alpha value is -1.17. The van der Waals surface area contributed by atoms with Gasteiger partial charge in [-0.05, 0) is 37.0 Å². The lowest BCUT2D eigenvalue weighted by molar-refractivity contribution is 1.13. The number of nitrogen functional groups attached to an aromatic ring is 1. The van der Waals surface area contributed by atoms with Crippen LogP contribution in [0.1, 0.15) is 11.1 Å². The predicted octanol–water partition coefficient (Wildman–Crippen LogP) is 3.11. The van der Waals surface area contributed by atoms with E-state index in [4.69, 9.17) is 40.5 Å². The minimum atomic E-state index is 0.186. The molecule has 0 aliphatic heterocycles. The van der Waals surface area contributed by atoms with Gasteiger partial charge in [-0.25, -0.2) is 19.9 Å². The summed E-state index contributed by atoms with van der Waals surface area (Å²) < 4.78 is 0. The van der Waals surface area contributed by atoms with Gasteiger partial charge in [-0.3, -0.25) is 0 Å². The van der Waals surface area contributed by atoms with E-state index in [0.717, 1.165) is 11.1 Å². The zero-order valence-electron chi connectivity index (χ0n) is 9.65. The van der Waals surface area contributed by atoms with Gasteiger partial charge in [0, 0.05) is 23.5 Å². The molecular formula is C10H10Cl3N5. The van der Waals surface area contributed by atoms with Crippen LogP contribution in [0.4, 0.5) is 5.82 Å². The van der Waals surface area contributed by atoms with Gasteiger partial charge in [0.05, 0.1) is 0 Å². The molecule has 0 spiro atoms. The Morgan fingerprint density at radius 2 is 1.39 bits per heavy atom. The van der Waals surface area contributed by atoms with E-state index in [0.29, 0.717) is 11.0 Å². The van der Waals surface area contributed by atoms with Crippen LogP contribution in [0.25, 0.3) is 0 Å². The minimum Gasteiger partial charge on any atom is -0.383 e. The van der Waals surface area contributed by atoms with E-state index in [-0.39, 0.29) is 10.6 Å². The second kappa shape index (κ2) is 6.68. The van der Waals surface area contributed by atoms with Gasteiger partial charge in [0.1, 0.15) is 11.0 Å². The second-order valence-corrected chi connectivity index (χ2v) is 4.35. The monoisotopic (exact) mass is 305 g/mol. The zero-order valence-corrected chi connectivity index (χ0v) is 11.9. The summed E-state index contributed by atoms with van der Waals surface area (Å²) in [4.78, 5) is 14.8. The summed E-state index contributed by atoms with van der Waals surface area (Å²) in [6.45, 7) is 3.64. The van der Waals surface area contributed by atoms with E-state index in [1.165, 1.54) is 0 Å². The van der Waals surface area contributed by atoms with Gasteiger partial charge in [0.15, 0.2) is 0 Å². The second-order valence-electron chi connectivity index (χ2n) is 3.32. The third-order valence-electron chi connectivity index (χ3n) is 1.86. The molecule has 0 aliphatic rings. The van der Waals surface area contributed by atoms with Gasteiger partial charge in [0.25, 0.3) is 0 Å². The molecule has 2 rings (SSSR count). The summed E-state index contributed by atoms with van der Waals surface area (Å²) >= 11 is 16.4. The van der Waals surface area contributed by atoms with Crippen LogP contribution in [-0.4, -0.2) is 19.9 Å². The number of aryl methyl sites for hydroxylation is 2. The average Bonchev–Trinajstić information content (AvgIpc) is 2.30. The van der Waals surface area contributed by atoms with Crippen molar-refractivity contribution in [3.8, 4) is 0 Å². The number of hydrogen-bond donors (Lipinski definition) is 1. The molecule has 0 bridgehead atoms. The third kappa shape index (κ3) is 4.60. The fourth-order valence-electron chi connectivity index (χ4n) is 0.834. The number of nitrogens with two attached hydrogens (primary N) is 1. The molecule has 2 N–H and O–H groups in total. The van der Waals surface area contributed by atoms with Crippen LogP contribution in [0.3, 0.4) is 0 Å². The van der Waals surface area contributed by atoms with Crippen LogP contribution in [0.5, 0.6) is 0 Å². The lowest BCUT2D eigenvalue weighted by atomic mass is 10.4. The molecular weight excluding hydrogens is 297 g/mol. The lowest BCUT2D eigenvalue weighted by Crippen LogP contribution is -1.94. The van der Waals surface area contributed by atoms with Gasteiger partial charge in [-0.2, -0.15) is 0 Å². The van der Waals surface area contributed by atoms with Gasteiger partial charge >= 0.3 is 0 Å². The molecule has 5 nitrogen and oxygen atoms in total. The first-order valence-electron chi connectivity index (χ1n) is 4.79. The van der Waals surface area contributed by atoms with Crippen LogP contribution in [0.15, 0.2) is 12.4 Å². The Bertz CT molecular complexity index is 498. The van der Waals surface area contributed by atoms with Gasteiger partial charge in [-0.15, -0.1) is 0 Å². The van der Waals surface area contributed by atoms with Crippen molar-refractivity contribution in [2.24, 2.45) is 0 Å². The van der Waals surface area contributed by atoms with E-state index in [9.17, 15) is 0 Å². The van der Waals surface area contributed by atoms with Crippen molar-refractivity contribution in [1.82, 2.24) is 19.9 Å². The first kappa shape index (κ1) is 14.9. The van der Waals surface area contributed by atoms with Crippen molar-refractivity contribution in [3.63, 3.8) is 0 Å². The molecule has 0 amide bonds. The first-order valence-corrected chi connectivity index (χ1v) is 5.92. The minimum absolute atomic E-state index is 0.186. The SMILES string of the molecule is Cc1cnc(Cl)nc1Cl.Cc1cnc(Cl)nc1N. The molecule has 2 aromatic heterocycles. The van der Waals surface area contributed by atoms with Crippen molar-refractivity contribution in [3.05, 3.63) is 39.2 Å². The summed E-state index contributed by atoms with van der Waals surface area (Å²) in [7, 11) is 0. The molecule has 96 valence electrons. The van der Waals surface area contributed by atoms with Gasteiger partial charge < -0.3 is 5.73 Å². The first-order chi connectivity index (χ1) is 8.40. The predicted molar refractivity (Wildman–Crippen MR) is 73.0 cm³/mol. The molecule has 2 heterocycles. The van der Waals surface area contributed by atoms with Crippen LogP contribution in [0, 0.1) is 13.8 Å². The quantitative estimate of drug-likeness (QED) is 0.597. The molecule has 0 aromatic carbocycles. The number of hydrogen-bond acceptors (Lipinski definition) is 5. The van der Waals surface area contributed by atoms with Crippen molar-refractivity contribution in [2.45, 2.75) is 13.8 Å². The molecule has 0 saturated heterocycles. The Morgan fingerprint density at radius 3 is 1.78 bits per heavy atom. The van der Waals surface area contributed by atoms with E-state index >= 15 is 0 Å². The smallest absolute Gasteiger partial charge is 0.224 e. The standard InChI is InChI=1S/C5H4Cl2N2.C5H6ClN3/c1-3-2-8-5(7)9-4(3)6;1-3-2-8-5(6)9-4(3)7/h2H,1H3;2H,1H3,(H2,7,8,9). The molecule has 2 aromatic rings. The Labute approximate surface area is 119 Å². The van der Waals surface area contributed by atoms with E-state index in [2.05, 4.69) is 19.9 Å². The van der Waals surface area contributed by atoms with Crippen LogP contribution >= 0.6 is 34.8 Å². The topological polar surface area (TPSA) is 77.6 Å². The maximum Gasteiger partial charge on any atom is 0.224 e. The molecule has 0 aliphatic carbocycles. The average molecular weight is 307 g/mol. The number of halogens is 3. The summed E-state index contributed by atoms with van der Waals surface area (Å²) in [6.07, 6.45) is 3.17. The van der Waals surface area contributed by atoms with Gasteiger partial charge in [-0.1, -0.05) is 11.6 Å². The molecule has 0 saturated carbocycles. The molecule has 0 unspecified atom stereocenters. The Morgan fingerprint density at radius 1 is 0.889 bits per heavy atom. The van der Waals surface area contributed by atoms with Crippen molar-refractivity contribution in [2.75, 3.05) is 5.73 Å². The third-order valence-corrected chi connectivity index (χ3v) is 2.61. The summed E-state index contributed by atoms with van der Waals surface area (Å²) in [5.74, 6) is 0.440. The van der Waals surface area contributed by atoms with E-state index in [1.807, 2.05) is 13.8 Å². The fourth-order valence-corrected chi connectivity index (χ4v) is 1.28. The highest BCUT2D eigenvalue weighted by molar-refractivity contribution is 6.32. The molecule has 8 heteroatoms. The summed E-state index contributed by atoms with van der Waals surface area (Å²) in [5.41, 5.74) is 7.07. The van der Waals surface area contributed by atoms with Crippen molar-refractivity contribution >= 4 is 40.6 Å². The number of rotatable bonds is 0. The molecule has 18 heavy (non-hydrogen) atoms. The van der Waals surface area contributed by atoms with Gasteiger partial charge in [0.2, 0.25) is 10.6 Å². The van der Waals surface area contributed by atoms with Crippen molar-refractivity contribution in [1.29, 1.82) is 0 Å². The molecule has 0 atom stereocenters. The largest absolute Gasteiger partial charge is 0.383 e. The van der Waals surface area contributed by atoms with E-state index < -0.39 is 0 Å². The summed E-state index contributed by atoms with van der Waals surface area (Å²) in [5, 5.41) is 0.790.